The topological polar surface area (TPSA) is 43.3 Å². The van der Waals surface area contributed by atoms with E-state index in [1.807, 2.05) is 36.4 Å². The molecule has 1 N–H and O–H groups in total. The Hall–Kier alpha value is -2.75. The van der Waals surface area contributed by atoms with Crippen LogP contribution in [-0.2, 0) is 19.4 Å². The van der Waals surface area contributed by atoms with Gasteiger partial charge in [0.1, 0.15) is 5.75 Å². The van der Waals surface area contributed by atoms with Crippen LogP contribution in [0, 0.1) is 0 Å². The van der Waals surface area contributed by atoms with E-state index < -0.39 is 0 Å². The maximum Gasteiger partial charge on any atom is 0.251 e. The number of nitrogens with zero attached hydrogens (tertiary/aromatic N) is 1. The van der Waals surface area contributed by atoms with Crippen molar-refractivity contribution < 1.29 is 9.53 Å². The molecule has 2 aromatic carbocycles. The molecular formula is C25H30N2O2. The molecule has 0 fully saturated rings. The number of ether oxygens (including phenoxy) is 1. The molecule has 0 bridgehead atoms. The molecule has 0 aliphatic heterocycles. The van der Waals surface area contributed by atoms with Crippen molar-refractivity contribution in [2.45, 2.75) is 52.0 Å². The van der Waals surface area contributed by atoms with Crippen LogP contribution in [0.25, 0.3) is 10.9 Å². The fourth-order valence-electron chi connectivity index (χ4n) is 4.30. The quantitative estimate of drug-likeness (QED) is 0.542. The molecule has 0 saturated heterocycles. The van der Waals surface area contributed by atoms with Crippen LogP contribution in [0.5, 0.6) is 5.75 Å². The van der Waals surface area contributed by atoms with Crippen molar-refractivity contribution in [1.82, 2.24) is 9.88 Å². The highest BCUT2D eigenvalue weighted by Crippen LogP contribution is 2.33. The molecule has 1 aliphatic carbocycles. The van der Waals surface area contributed by atoms with E-state index >= 15 is 0 Å². The van der Waals surface area contributed by atoms with Crippen LogP contribution in [0.3, 0.4) is 0 Å². The molecule has 4 nitrogen and oxygen atoms in total. The van der Waals surface area contributed by atoms with Crippen molar-refractivity contribution in [1.29, 1.82) is 0 Å². The smallest absolute Gasteiger partial charge is 0.251 e. The minimum atomic E-state index is 0.0299. The van der Waals surface area contributed by atoms with Gasteiger partial charge in [0.15, 0.2) is 0 Å². The first-order chi connectivity index (χ1) is 14.3. The first-order valence-corrected chi connectivity index (χ1v) is 10.9. The summed E-state index contributed by atoms with van der Waals surface area (Å²) in [6, 6.07) is 16.2. The van der Waals surface area contributed by atoms with Gasteiger partial charge in [0.05, 0.1) is 6.61 Å². The number of rotatable bonds is 8. The van der Waals surface area contributed by atoms with Gasteiger partial charge in [-0.15, -0.1) is 0 Å². The third-order valence-electron chi connectivity index (χ3n) is 5.71. The van der Waals surface area contributed by atoms with Crippen LogP contribution in [0.15, 0.2) is 48.5 Å². The molecule has 29 heavy (non-hydrogen) atoms. The van der Waals surface area contributed by atoms with Gasteiger partial charge in [-0.2, -0.15) is 0 Å². The van der Waals surface area contributed by atoms with E-state index in [4.69, 9.17) is 4.74 Å². The Balaban J connectivity index is 1.54. The average molecular weight is 391 g/mol. The lowest BCUT2D eigenvalue weighted by atomic mass is 9.95. The highest BCUT2D eigenvalue weighted by molar-refractivity contribution is 5.99. The van der Waals surface area contributed by atoms with Gasteiger partial charge in [0.25, 0.3) is 5.91 Å². The summed E-state index contributed by atoms with van der Waals surface area (Å²) in [7, 11) is 0. The second-order valence-corrected chi connectivity index (χ2v) is 7.79. The molecular weight excluding hydrogens is 360 g/mol. The second-order valence-electron chi connectivity index (χ2n) is 7.79. The summed E-state index contributed by atoms with van der Waals surface area (Å²) in [5.41, 5.74) is 4.92. The van der Waals surface area contributed by atoms with E-state index in [0.717, 1.165) is 50.1 Å². The average Bonchev–Trinajstić information content (AvgIpc) is 3.09. The number of benzene rings is 2. The molecule has 4 heteroatoms. The van der Waals surface area contributed by atoms with E-state index in [1.165, 1.54) is 35.0 Å². The van der Waals surface area contributed by atoms with Crippen LogP contribution in [0.4, 0.5) is 0 Å². The summed E-state index contributed by atoms with van der Waals surface area (Å²) in [4.78, 5) is 12.4. The lowest BCUT2D eigenvalue weighted by Gasteiger charge is -2.16. The number of aryl methyl sites for hydroxylation is 2. The minimum Gasteiger partial charge on any atom is -0.494 e. The van der Waals surface area contributed by atoms with Gasteiger partial charge in [0, 0.05) is 35.2 Å². The van der Waals surface area contributed by atoms with Crippen molar-refractivity contribution in [2.75, 3.05) is 13.2 Å². The third-order valence-corrected chi connectivity index (χ3v) is 5.71. The molecule has 152 valence electrons. The summed E-state index contributed by atoms with van der Waals surface area (Å²) in [5.74, 6) is 0.956. The number of hydrogen-bond acceptors (Lipinski definition) is 2. The van der Waals surface area contributed by atoms with Crippen molar-refractivity contribution in [3.05, 3.63) is 65.4 Å². The molecule has 0 unspecified atom stereocenters. The van der Waals surface area contributed by atoms with Gasteiger partial charge in [-0.1, -0.05) is 25.1 Å². The molecule has 1 aliphatic rings. The third kappa shape index (κ3) is 4.31. The van der Waals surface area contributed by atoms with E-state index in [9.17, 15) is 4.79 Å². The van der Waals surface area contributed by atoms with E-state index in [0.29, 0.717) is 6.61 Å². The maximum atomic E-state index is 12.4. The zero-order chi connectivity index (χ0) is 20.1. The first kappa shape index (κ1) is 19.6. The Labute approximate surface area is 172 Å². The Kier molecular flexibility index (Phi) is 6.18. The van der Waals surface area contributed by atoms with Crippen molar-refractivity contribution in [2.24, 2.45) is 0 Å². The monoisotopic (exact) mass is 390 g/mol. The highest BCUT2D eigenvalue weighted by atomic mass is 16.5. The highest BCUT2D eigenvalue weighted by Gasteiger charge is 2.21. The lowest BCUT2D eigenvalue weighted by Crippen LogP contribution is -2.23. The van der Waals surface area contributed by atoms with Gasteiger partial charge in [0.2, 0.25) is 0 Å². The molecule has 0 atom stereocenters. The first-order valence-electron chi connectivity index (χ1n) is 10.9. The summed E-state index contributed by atoms with van der Waals surface area (Å²) in [5, 5.41) is 4.25. The van der Waals surface area contributed by atoms with Gasteiger partial charge < -0.3 is 14.6 Å². The molecule has 0 spiro atoms. The number of para-hydroxylation sites is 1. The predicted molar refractivity (Wildman–Crippen MR) is 118 cm³/mol. The summed E-state index contributed by atoms with van der Waals surface area (Å²) in [6.07, 6.45) is 6.62. The molecule has 0 saturated carbocycles. The molecule has 1 amide bonds. The van der Waals surface area contributed by atoms with E-state index in [-0.39, 0.29) is 5.91 Å². The molecule has 0 radical (unpaired) electrons. The second kappa shape index (κ2) is 9.17. The van der Waals surface area contributed by atoms with Crippen molar-refractivity contribution >= 4 is 16.8 Å². The summed E-state index contributed by atoms with van der Waals surface area (Å²) in [6.45, 7) is 4.44. The number of hydrogen-bond donors (Lipinski definition) is 1. The van der Waals surface area contributed by atoms with Crippen molar-refractivity contribution in [3.8, 4) is 5.75 Å². The fourth-order valence-corrected chi connectivity index (χ4v) is 4.30. The Morgan fingerprint density at radius 2 is 1.93 bits per heavy atom. The number of nitrogens with one attached hydrogen (secondary N) is 1. The Morgan fingerprint density at radius 3 is 2.76 bits per heavy atom. The number of carbonyl (C=O) groups is 1. The van der Waals surface area contributed by atoms with Gasteiger partial charge in [-0.05, 0) is 74.4 Å². The summed E-state index contributed by atoms with van der Waals surface area (Å²) < 4.78 is 8.35. The standard InChI is InChI=1S/C25H30N2O2/c1-2-15-26-25(28)19-13-14-24-22(18-19)21-11-6-7-12-23(21)27(24)16-8-17-29-20-9-4-3-5-10-20/h3-5,9-10,13-14,18H,2,6-8,11-12,15-17H2,1H3,(H,26,28). The molecule has 1 aromatic heterocycles. The predicted octanol–water partition coefficient (Wildman–Crippen LogP) is 5.13. The normalized spacial score (nSPS) is 13.3. The number of carbonyl (C=O) groups excluding carboxylic acids is 1. The van der Waals surface area contributed by atoms with Crippen LogP contribution in [0.1, 0.15) is 54.2 Å². The summed E-state index contributed by atoms with van der Waals surface area (Å²) >= 11 is 0. The fraction of sp³-hybridized carbons (Fsp3) is 0.400. The minimum absolute atomic E-state index is 0.0299. The maximum absolute atomic E-state index is 12.4. The largest absolute Gasteiger partial charge is 0.494 e. The van der Waals surface area contributed by atoms with Gasteiger partial charge in [-0.3, -0.25) is 4.79 Å². The number of fused-ring (bicyclic) bond motifs is 3. The van der Waals surface area contributed by atoms with Crippen LogP contribution < -0.4 is 10.1 Å². The molecule has 3 aromatic rings. The zero-order valence-electron chi connectivity index (χ0n) is 17.2. The zero-order valence-corrected chi connectivity index (χ0v) is 17.2. The van der Waals surface area contributed by atoms with Crippen LogP contribution in [0.2, 0.25) is 0 Å². The van der Waals surface area contributed by atoms with Crippen molar-refractivity contribution in [3.63, 3.8) is 0 Å². The van der Waals surface area contributed by atoms with Gasteiger partial charge in [-0.25, -0.2) is 0 Å². The Bertz CT molecular complexity index is 975. The number of amides is 1. The molecule has 1 heterocycles. The van der Waals surface area contributed by atoms with E-state index in [2.05, 4.69) is 28.9 Å². The number of aromatic nitrogens is 1. The lowest BCUT2D eigenvalue weighted by molar-refractivity contribution is 0.0954. The molecule has 4 rings (SSSR count). The van der Waals surface area contributed by atoms with Crippen LogP contribution >= 0.6 is 0 Å². The SMILES string of the molecule is CCCNC(=O)c1ccc2c(c1)c1c(n2CCCOc2ccccc2)CCCC1. The Morgan fingerprint density at radius 1 is 1.10 bits per heavy atom. The van der Waals surface area contributed by atoms with E-state index in [1.54, 1.807) is 0 Å². The van der Waals surface area contributed by atoms with Crippen LogP contribution in [-0.4, -0.2) is 23.6 Å². The van der Waals surface area contributed by atoms with Gasteiger partial charge >= 0.3 is 0 Å².